The van der Waals surface area contributed by atoms with E-state index in [0.717, 1.165) is 71.4 Å². The summed E-state index contributed by atoms with van der Waals surface area (Å²) >= 11 is 2.88. The number of amides is 1. The van der Waals surface area contributed by atoms with Crippen LogP contribution in [0.2, 0.25) is 0 Å². The summed E-state index contributed by atoms with van der Waals surface area (Å²) in [5.41, 5.74) is 7.15. The first kappa shape index (κ1) is 41.8. The first-order chi connectivity index (χ1) is 28.4. The van der Waals surface area contributed by atoms with E-state index in [4.69, 9.17) is 5.73 Å². The molecule has 8 rings (SSSR count). The number of carboxylic acids is 1. The molecule has 0 unspecified atom stereocenters. The van der Waals surface area contributed by atoms with Gasteiger partial charge in [0.25, 0.3) is 5.91 Å². The van der Waals surface area contributed by atoms with Crippen molar-refractivity contribution in [3.63, 3.8) is 0 Å². The number of thiophene rings is 2. The van der Waals surface area contributed by atoms with Crippen LogP contribution in [-0.2, 0) is 25.2 Å². The van der Waals surface area contributed by atoms with Gasteiger partial charge in [0, 0.05) is 32.0 Å². The fourth-order valence-electron chi connectivity index (χ4n) is 6.72. The van der Waals surface area contributed by atoms with Gasteiger partial charge in [-0.2, -0.15) is 26.3 Å². The molecule has 14 heteroatoms. The molecule has 0 atom stereocenters. The Balaban J connectivity index is 0.000000181. The highest BCUT2D eigenvalue weighted by Crippen LogP contribution is 2.39. The van der Waals surface area contributed by atoms with E-state index in [0.29, 0.717) is 35.1 Å². The Morgan fingerprint density at radius 2 is 0.950 bits per heavy atom. The van der Waals surface area contributed by atoms with Crippen LogP contribution in [0.4, 0.5) is 35.1 Å². The van der Waals surface area contributed by atoms with Crippen molar-refractivity contribution in [1.82, 2.24) is 0 Å². The second kappa shape index (κ2) is 16.7. The molecular formula is C46H29F8NO3S2. The van der Waals surface area contributed by atoms with Gasteiger partial charge in [0.2, 0.25) is 0 Å². The number of aromatic carboxylic acids is 1. The number of fused-ring (bicyclic) bond motifs is 2. The van der Waals surface area contributed by atoms with Gasteiger partial charge in [0.1, 0.15) is 11.6 Å². The minimum Gasteiger partial charge on any atom is -0.478 e. The van der Waals surface area contributed by atoms with Crippen molar-refractivity contribution in [3.05, 3.63) is 188 Å². The highest BCUT2D eigenvalue weighted by Gasteiger charge is 2.31. The average molecular weight is 860 g/mol. The Morgan fingerprint density at radius 1 is 0.533 bits per heavy atom. The van der Waals surface area contributed by atoms with Gasteiger partial charge in [0.05, 0.1) is 22.3 Å². The molecule has 0 spiro atoms. The third-order valence-electron chi connectivity index (χ3n) is 9.51. The molecule has 60 heavy (non-hydrogen) atoms. The molecule has 0 saturated heterocycles. The highest BCUT2D eigenvalue weighted by atomic mass is 32.1. The molecular weight excluding hydrogens is 831 g/mol. The Morgan fingerprint density at radius 3 is 1.37 bits per heavy atom. The molecule has 8 aromatic rings. The zero-order valence-electron chi connectivity index (χ0n) is 30.8. The van der Waals surface area contributed by atoms with Crippen LogP contribution in [0, 0.1) is 11.6 Å². The summed E-state index contributed by atoms with van der Waals surface area (Å²) in [6, 6.07) is 33.6. The average Bonchev–Trinajstić information content (AvgIpc) is 3.81. The first-order valence-corrected chi connectivity index (χ1v) is 19.6. The van der Waals surface area contributed by atoms with Crippen molar-refractivity contribution in [1.29, 1.82) is 0 Å². The van der Waals surface area contributed by atoms with E-state index in [1.54, 1.807) is 18.2 Å². The van der Waals surface area contributed by atoms with Crippen molar-refractivity contribution < 1.29 is 49.8 Å². The monoisotopic (exact) mass is 859 g/mol. The van der Waals surface area contributed by atoms with E-state index >= 15 is 0 Å². The highest BCUT2D eigenvalue weighted by molar-refractivity contribution is 7.20. The number of nitrogens with two attached hydrogens (primary N) is 1. The number of carboxylic acid groups (broad SMARTS) is 1. The number of hydrogen-bond acceptors (Lipinski definition) is 4. The van der Waals surface area contributed by atoms with Crippen molar-refractivity contribution in [2.75, 3.05) is 0 Å². The zero-order valence-corrected chi connectivity index (χ0v) is 32.4. The number of halogens is 8. The Hall–Kier alpha value is -6.38. The maximum absolute atomic E-state index is 13.8. The second-order valence-electron chi connectivity index (χ2n) is 13.7. The van der Waals surface area contributed by atoms with E-state index in [1.165, 1.54) is 59.1 Å². The summed E-state index contributed by atoms with van der Waals surface area (Å²) in [7, 11) is 0. The van der Waals surface area contributed by atoms with Gasteiger partial charge in [-0.15, -0.1) is 22.7 Å². The summed E-state index contributed by atoms with van der Waals surface area (Å²) in [5, 5.41) is 11.0. The zero-order chi connectivity index (χ0) is 42.9. The first-order valence-electron chi connectivity index (χ1n) is 17.9. The number of carbonyl (C=O) groups excluding carboxylic acids is 1. The standard InChI is InChI=1S/C23H15F4NOS.C23H14F4O2S/c2*24-20-8-7-14(12-19(20)22(28)29)18-6-2-4-15-11-17(30-21(15)18)10-13-3-1-5-16(9-13)23(25,26)27/h1-9,11-12H,10H2,(H2,28,29);1-9,11-12H,10H2,(H,28,29). The van der Waals surface area contributed by atoms with Crippen LogP contribution in [0.15, 0.2) is 133 Å². The molecule has 0 radical (unpaired) electrons. The van der Waals surface area contributed by atoms with E-state index in [-0.39, 0.29) is 5.56 Å². The molecule has 2 heterocycles. The summed E-state index contributed by atoms with van der Waals surface area (Å²) < 4.78 is 107. The number of rotatable bonds is 8. The third-order valence-corrected chi connectivity index (χ3v) is 11.9. The minimum atomic E-state index is -4.40. The predicted molar refractivity (Wildman–Crippen MR) is 218 cm³/mol. The molecule has 0 aliphatic rings. The lowest BCUT2D eigenvalue weighted by atomic mass is 10.0. The SMILES string of the molecule is NC(=O)c1cc(-c2cccc3cc(Cc4cccc(C(F)(F)F)c4)sc23)ccc1F.O=C(O)c1cc(-c2cccc3cc(Cc4cccc(C(F)(F)F)c4)sc23)ccc1F. The molecule has 0 aliphatic heterocycles. The fourth-order valence-corrected chi connectivity index (χ4v) is 9.17. The van der Waals surface area contributed by atoms with Crippen molar-refractivity contribution in [3.8, 4) is 22.3 Å². The molecule has 4 nitrogen and oxygen atoms in total. The van der Waals surface area contributed by atoms with Crippen LogP contribution in [0.5, 0.6) is 0 Å². The molecule has 6 aromatic carbocycles. The van der Waals surface area contributed by atoms with Gasteiger partial charge in [-0.05, 0) is 92.7 Å². The van der Waals surface area contributed by atoms with Gasteiger partial charge >= 0.3 is 18.3 Å². The van der Waals surface area contributed by atoms with Crippen LogP contribution in [0.3, 0.4) is 0 Å². The number of alkyl halides is 6. The normalized spacial score (nSPS) is 11.7. The lowest BCUT2D eigenvalue weighted by Crippen LogP contribution is -2.13. The second-order valence-corrected chi connectivity index (χ2v) is 16.0. The maximum atomic E-state index is 13.8. The van der Waals surface area contributed by atoms with Gasteiger partial charge < -0.3 is 10.8 Å². The number of hydrogen-bond donors (Lipinski definition) is 2. The van der Waals surface area contributed by atoms with Crippen LogP contribution in [-0.4, -0.2) is 17.0 Å². The van der Waals surface area contributed by atoms with Crippen LogP contribution >= 0.6 is 22.7 Å². The van der Waals surface area contributed by atoms with Crippen molar-refractivity contribution in [2.24, 2.45) is 5.73 Å². The van der Waals surface area contributed by atoms with Crippen molar-refractivity contribution >= 4 is 54.7 Å². The number of primary amides is 1. The molecule has 0 bridgehead atoms. The van der Waals surface area contributed by atoms with Crippen LogP contribution < -0.4 is 5.73 Å². The van der Waals surface area contributed by atoms with E-state index < -0.39 is 52.6 Å². The molecule has 2 aromatic heterocycles. The van der Waals surface area contributed by atoms with Gasteiger partial charge in [-0.25, -0.2) is 13.6 Å². The number of carbonyl (C=O) groups is 2. The van der Waals surface area contributed by atoms with Crippen molar-refractivity contribution in [2.45, 2.75) is 25.2 Å². The summed E-state index contributed by atoms with van der Waals surface area (Å²) in [5.74, 6) is -3.69. The smallest absolute Gasteiger partial charge is 0.416 e. The molecule has 1 amide bonds. The Kier molecular flexibility index (Phi) is 11.6. The quantitative estimate of drug-likeness (QED) is 0.149. The molecule has 3 N–H and O–H groups in total. The van der Waals surface area contributed by atoms with E-state index in [2.05, 4.69) is 0 Å². The molecule has 0 fully saturated rings. The molecule has 0 saturated carbocycles. The summed E-state index contributed by atoms with van der Waals surface area (Å²) in [4.78, 5) is 24.5. The predicted octanol–water partition coefficient (Wildman–Crippen LogP) is 13.4. The largest absolute Gasteiger partial charge is 0.478 e. The maximum Gasteiger partial charge on any atom is 0.416 e. The minimum absolute atomic E-state index is 0.190. The topological polar surface area (TPSA) is 80.4 Å². The van der Waals surface area contributed by atoms with Gasteiger partial charge in [-0.1, -0.05) is 84.9 Å². The Bertz CT molecular complexity index is 2720. The molecule has 304 valence electrons. The molecule has 0 aliphatic carbocycles. The van der Waals surface area contributed by atoms with Crippen LogP contribution in [0.1, 0.15) is 52.7 Å². The van der Waals surface area contributed by atoms with Gasteiger partial charge in [-0.3, -0.25) is 4.79 Å². The van der Waals surface area contributed by atoms with Crippen LogP contribution in [0.25, 0.3) is 42.4 Å². The Labute approximate surface area is 344 Å². The summed E-state index contributed by atoms with van der Waals surface area (Å²) in [6.45, 7) is 0. The number of benzene rings is 6. The lowest BCUT2D eigenvalue weighted by molar-refractivity contribution is -0.138. The fraction of sp³-hybridized carbons (Fsp3) is 0.0870. The van der Waals surface area contributed by atoms with Gasteiger partial charge in [0.15, 0.2) is 0 Å². The summed E-state index contributed by atoms with van der Waals surface area (Å²) in [6.07, 6.45) is -8.08. The van der Waals surface area contributed by atoms with E-state index in [1.807, 2.05) is 48.5 Å². The lowest BCUT2D eigenvalue weighted by Gasteiger charge is -2.08. The van der Waals surface area contributed by atoms with E-state index in [9.17, 15) is 49.8 Å². The third kappa shape index (κ3) is 9.24.